The molecule has 0 spiro atoms. The van der Waals surface area contributed by atoms with E-state index < -0.39 is 9.84 Å². The summed E-state index contributed by atoms with van der Waals surface area (Å²) >= 11 is 0. The van der Waals surface area contributed by atoms with Gasteiger partial charge in [0.2, 0.25) is 0 Å². The van der Waals surface area contributed by atoms with Crippen LogP contribution < -0.4 is 5.73 Å². The van der Waals surface area contributed by atoms with E-state index in [0.29, 0.717) is 0 Å². The van der Waals surface area contributed by atoms with E-state index in [1.807, 2.05) is 11.5 Å². The SMILES string of the molecule is C[C@@H](N)c1cncn1C1CS(=O)(=O)C1. The second-order valence-electron chi connectivity index (χ2n) is 3.75. The molecule has 0 radical (unpaired) electrons. The van der Waals surface area contributed by atoms with Crippen molar-refractivity contribution in [1.82, 2.24) is 9.55 Å². The number of nitrogens with two attached hydrogens (primary N) is 1. The maximum Gasteiger partial charge on any atom is 0.154 e. The zero-order chi connectivity index (χ0) is 10.3. The molecule has 1 aliphatic rings. The molecular formula is C8H13N3O2S. The Morgan fingerprint density at radius 1 is 1.64 bits per heavy atom. The van der Waals surface area contributed by atoms with E-state index in [0.717, 1.165) is 5.69 Å². The van der Waals surface area contributed by atoms with Crippen molar-refractivity contribution in [2.24, 2.45) is 5.73 Å². The number of aromatic nitrogens is 2. The minimum absolute atomic E-state index is 0.0310. The molecule has 1 atom stereocenters. The molecule has 0 unspecified atom stereocenters. The van der Waals surface area contributed by atoms with Gasteiger partial charge in [0, 0.05) is 12.2 Å². The van der Waals surface area contributed by atoms with Crippen molar-refractivity contribution in [3.8, 4) is 0 Å². The van der Waals surface area contributed by atoms with E-state index in [1.165, 1.54) is 0 Å². The molecule has 0 amide bonds. The maximum absolute atomic E-state index is 11.0. The van der Waals surface area contributed by atoms with Crippen LogP contribution in [0.15, 0.2) is 12.5 Å². The Morgan fingerprint density at radius 2 is 2.29 bits per heavy atom. The molecule has 0 bridgehead atoms. The van der Waals surface area contributed by atoms with Crippen molar-refractivity contribution < 1.29 is 8.42 Å². The molecular weight excluding hydrogens is 202 g/mol. The lowest BCUT2D eigenvalue weighted by molar-refractivity contribution is 0.489. The summed E-state index contributed by atoms with van der Waals surface area (Å²) in [4.78, 5) is 3.98. The molecule has 2 heterocycles. The maximum atomic E-state index is 11.0. The van der Waals surface area contributed by atoms with Crippen molar-refractivity contribution in [3.63, 3.8) is 0 Å². The second kappa shape index (κ2) is 3.06. The Labute approximate surface area is 82.9 Å². The van der Waals surface area contributed by atoms with Crippen LogP contribution in [0.2, 0.25) is 0 Å². The summed E-state index contributed by atoms with van der Waals surface area (Å²) in [5.74, 6) is 0.423. The third-order valence-electron chi connectivity index (χ3n) is 2.45. The average molecular weight is 215 g/mol. The van der Waals surface area contributed by atoms with Crippen LogP contribution in [0.5, 0.6) is 0 Å². The van der Waals surface area contributed by atoms with Gasteiger partial charge in [-0.25, -0.2) is 13.4 Å². The molecule has 1 aromatic rings. The monoisotopic (exact) mass is 215 g/mol. The molecule has 0 aliphatic carbocycles. The average Bonchev–Trinajstić information content (AvgIpc) is 2.46. The first-order valence-corrected chi connectivity index (χ1v) is 6.29. The predicted octanol–water partition coefficient (Wildman–Crippen LogP) is -0.128. The number of hydrogen-bond donors (Lipinski definition) is 1. The number of nitrogens with zero attached hydrogens (tertiary/aromatic N) is 2. The van der Waals surface area contributed by atoms with Crippen molar-refractivity contribution in [2.45, 2.75) is 19.0 Å². The Bertz CT molecular complexity index is 423. The first-order chi connectivity index (χ1) is 6.49. The summed E-state index contributed by atoms with van der Waals surface area (Å²) in [7, 11) is -2.79. The van der Waals surface area contributed by atoms with Crippen LogP contribution in [0.4, 0.5) is 0 Å². The van der Waals surface area contributed by atoms with E-state index in [4.69, 9.17) is 5.73 Å². The van der Waals surface area contributed by atoms with Crippen molar-refractivity contribution in [2.75, 3.05) is 11.5 Å². The normalized spacial score (nSPS) is 23.0. The quantitative estimate of drug-likeness (QED) is 0.745. The highest BCUT2D eigenvalue weighted by molar-refractivity contribution is 7.92. The summed E-state index contributed by atoms with van der Waals surface area (Å²) in [6.07, 6.45) is 3.34. The van der Waals surface area contributed by atoms with Crippen LogP contribution in [-0.4, -0.2) is 29.5 Å². The molecule has 1 fully saturated rings. The summed E-state index contributed by atoms with van der Waals surface area (Å²) in [6, 6.07) is -0.0793. The fourth-order valence-corrected chi connectivity index (χ4v) is 3.07. The van der Waals surface area contributed by atoms with Gasteiger partial charge in [0.05, 0.1) is 29.6 Å². The van der Waals surface area contributed by atoms with E-state index in [2.05, 4.69) is 4.98 Å². The summed E-state index contributed by atoms with van der Waals surface area (Å²) < 4.78 is 23.9. The van der Waals surface area contributed by atoms with Crippen LogP contribution in [0, 0.1) is 0 Å². The Hall–Kier alpha value is -0.880. The van der Waals surface area contributed by atoms with Crippen molar-refractivity contribution in [1.29, 1.82) is 0 Å². The van der Waals surface area contributed by atoms with Gasteiger partial charge in [0.15, 0.2) is 9.84 Å². The molecule has 0 aromatic carbocycles. The van der Waals surface area contributed by atoms with Crippen LogP contribution in [0.3, 0.4) is 0 Å². The van der Waals surface area contributed by atoms with Gasteiger partial charge in [-0.1, -0.05) is 0 Å². The van der Waals surface area contributed by atoms with Gasteiger partial charge in [0.25, 0.3) is 0 Å². The molecule has 1 aliphatic heterocycles. The molecule has 5 nitrogen and oxygen atoms in total. The first kappa shape index (κ1) is 9.67. The number of rotatable bonds is 2. The van der Waals surface area contributed by atoms with Gasteiger partial charge in [-0.3, -0.25) is 0 Å². The zero-order valence-corrected chi connectivity index (χ0v) is 8.74. The predicted molar refractivity (Wildman–Crippen MR) is 52.5 cm³/mol. The van der Waals surface area contributed by atoms with Crippen LogP contribution >= 0.6 is 0 Å². The van der Waals surface area contributed by atoms with E-state index in [9.17, 15) is 8.42 Å². The van der Waals surface area contributed by atoms with Gasteiger partial charge in [-0.05, 0) is 6.92 Å². The lowest BCUT2D eigenvalue weighted by Gasteiger charge is -2.29. The van der Waals surface area contributed by atoms with Gasteiger partial charge >= 0.3 is 0 Å². The van der Waals surface area contributed by atoms with Gasteiger partial charge in [0.1, 0.15) is 0 Å². The van der Waals surface area contributed by atoms with Gasteiger partial charge < -0.3 is 10.3 Å². The Kier molecular flexibility index (Phi) is 2.11. The third kappa shape index (κ3) is 1.55. The summed E-state index contributed by atoms with van der Waals surface area (Å²) in [6.45, 7) is 1.86. The highest BCUT2D eigenvalue weighted by atomic mass is 32.2. The summed E-state index contributed by atoms with van der Waals surface area (Å²) in [5, 5.41) is 0. The topological polar surface area (TPSA) is 78.0 Å². The number of imidazole rings is 1. The molecule has 1 aromatic heterocycles. The van der Waals surface area contributed by atoms with E-state index in [1.54, 1.807) is 12.5 Å². The fraction of sp³-hybridized carbons (Fsp3) is 0.625. The minimum atomic E-state index is -2.79. The van der Waals surface area contributed by atoms with Crippen LogP contribution in [0.25, 0.3) is 0 Å². The number of hydrogen-bond acceptors (Lipinski definition) is 4. The van der Waals surface area contributed by atoms with Gasteiger partial charge in [-0.15, -0.1) is 0 Å². The molecule has 1 saturated heterocycles. The largest absolute Gasteiger partial charge is 0.328 e. The second-order valence-corrected chi connectivity index (χ2v) is 5.90. The van der Waals surface area contributed by atoms with Crippen LogP contribution in [-0.2, 0) is 9.84 Å². The highest BCUT2D eigenvalue weighted by Crippen LogP contribution is 2.26. The minimum Gasteiger partial charge on any atom is -0.328 e. The zero-order valence-electron chi connectivity index (χ0n) is 7.92. The smallest absolute Gasteiger partial charge is 0.154 e. The fourth-order valence-electron chi connectivity index (χ4n) is 1.67. The lowest BCUT2D eigenvalue weighted by atomic mass is 10.2. The Morgan fingerprint density at radius 3 is 2.79 bits per heavy atom. The van der Waals surface area contributed by atoms with Crippen LogP contribution in [0.1, 0.15) is 24.7 Å². The highest BCUT2D eigenvalue weighted by Gasteiger charge is 2.35. The van der Waals surface area contributed by atoms with Gasteiger partial charge in [-0.2, -0.15) is 0 Å². The lowest BCUT2D eigenvalue weighted by Crippen LogP contribution is -2.39. The first-order valence-electron chi connectivity index (χ1n) is 4.47. The molecule has 6 heteroatoms. The molecule has 14 heavy (non-hydrogen) atoms. The van der Waals surface area contributed by atoms with E-state index >= 15 is 0 Å². The van der Waals surface area contributed by atoms with E-state index in [-0.39, 0.29) is 23.6 Å². The molecule has 2 rings (SSSR count). The molecule has 0 saturated carbocycles. The molecule has 78 valence electrons. The number of sulfone groups is 1. The van der Waals surface area contributed by atoms with Crippen molar-refractivity contribution >= 4 is 9.84 Å². The Balaban J connectivity index is 2.22. The third-order valence-corrected chi connectivity index (χ3v) is 4.23. The summed E-state index contributed by atoms with van der Waals surface area (Å²) in [5.41, 5.74) is 6.63. The standard InChI is InChI=1S/C8H13N3O2S/c1-6(9)8-2-10-5-11(8)7-3-14(12,13)4-7/h2,5-7H,3-4,9H2,1H3/t6-/m1/s1. The molecule has 2 N–H and O–H groups in total. The van der Waals surface area contributed by atoms with Crippen molar-refractivity contribution in [3.05, 3.63) is 18.2 Å².